The number of hydrogen-bond acceptors (Lipinski definition) is 2. The maximum Gasteiger partial charge on any atom is 0.228 e. The standard InChI is InChI=1S/C18H23ClN2O2/c1-12-6-7-15(10-16(12)19)21-11-14(9-17(21)22)18(23)20-8-4-3-5-13(20)2/h6-7,10,13-14H,3-5,8-9,11H2,1-2H3. The Morgan fingerprint density at radius 2 is 2.09 bits per heavy atom. The van der Waals surface area contributed by atoms with E-state index < -0.39 is 0 Å². The van der Waals surface area contributed by atoms with Crippen LogP contribution in [0.15, 0.2) is 18.2 Å². The van der Waals surface area contributed by atoms with Gasteiger partial charge in [-0.05, 0) is 50.8 Å². The van der Waals surface area contributed by atoms with E-state index in [9.17, 15) is 9.59 Å². The number of benzene rings is 1. The number of carbonyl (C=O) groups is 2. The Morgan fingerprint density at radius 1 is 1.30 bits per heavy atom. The van der Waals surface area contributed by atoms with E-state index in [1.165, 1.54) is 6.42 Å². The molecule has 1 aromatic rings. The van der Waals surface area contributed by atoms with E-state index in [1.54, 1.807) is 4.90 Å². The first-order chi connectivity index (χ1) is 11.0. The van der Waals surface area contributed by atoms with Crippen LogP contribution in [0.5, 0.6) is 0 Å². The predicted octanol–water partition coefficient (Wildman–Crippen LogP) is 3.40. The van der Waals surface area contributed by atoms with Gasteiger partial charge in [0.2, 0.25) is 11.8 Å². The van der Waals surface area contributed by atoms with Crippen LogP contribution in [-0.4, -0.2) is 35.8 Å². The van der Waals surface area contributed by atoms with Crippen molar-refractivity contribution in [3.8, 4) is 0 Å². The van der Waals surface area contributed by atoms with Crippen molar-refractivity contribution >= 4 is 29.1 Å². The monoisotopic (exact) mass is 334 g/mol. The van der Waals surface area contributed by atoms with E-state index in [1.807, 2.05) is 30.0 Å². The first-order valence-corrected chi connectivity index (χ1v) is 8.72. The second kappa shape index (κ2) is 6.52. The van der Waals surface area contributed by atoms with Crippen LogP contribution in [0.3, 0.4) is 0 Å². The average Bonchev–Trinajstić information content (AvgIpc) is 2.92. The number of rotatable bonds is 2. The molecule has 2 atom stereocenters. The van der Waals surface area contributed by atoms with E-state index in [2.05, 4.69) is 6.92 Å². The Kier molecular flexibility index (Phi) is 4.62. The number of hydrogen-bond donors (Lipinski definition) is 0. The SMILES string of the molecule is Cc1ccc(N2CC(C(=O)N3CCCCC3C)CC2=O)cc1Cl. The lowest BCUT2D eigenvalue weighted by Crippen LogP contribution is -2.45. The lowest BCUT2D eigenvalue weighted by molar-refractivity contribution is -0.139. The lowest BCUT2D eigenvalue weighted by atomic mass is 9.99. The summed E-state index contributed by atoms with van der Waals surface area (Å²) in [6.07, 6.45) is 3.60. The quantitative estimate of drug-likeness (QED) is 0.831. The van der Waals surface area contributed by atoms with Gasteiger partial charge in [-0.1, -0.05) is 17.7 Å². The van der Waals surface area contributed by atoms with Gasteiger partial charge in [0.15, 0.2) is 0 Å². The van der Waals surface area contributed by atoms with Gasteiger partial charge in [-0.3, -0.25) is 9.59 Å². The molecule has 0 aliphatic carbocycles. The Bertz CT molecular complexity index is 631. The van der Waals surface area contributed by atoms with Gasteiger partial charge < -0.3 is 9.80 Å². The molecule has 2 fully saturated rings. The average molecular weight is 335 g/mol. The lowest BCUT2D eigenvalue weighted by Gasteiger charge is -2.35. The van der Waals surface area contributed by atoms with E-state index >= 15 is 0 Å². The van der Waals surface area contributed by atoms with Crippen molar-refractivity contribution in [1.82, 2.24) is 4.90 Å². The van der Waals surface area contributed by atoms with Crippen molar-refractivity contribution in [2.24, 2.45) is 5.92 Å². The normalized spacial score (nSPS) is 25.1. The van der Waals surface area contributed by atoms with Gasteiger partial charge in [-0.2, -0.15) is 0 Å². The maximum absolute atomic E-state index is 12.8. The number of halogens is 1. The molecule has 3 rings (SSSR count). The van der Waals surface area contributed by atoms with Crippen molar-refractivity contribution in [1.29, 1.82) is 0 Å². The summed E-state index contributed by atoms with van der Waals surface area (Å²) in [4.78, 5) is 28.8. The molecule has 0 aromatic heterocycles. The summed E-state index contributed by atoms with van der Waals surface area (Å²) in [6.45, 7) is 5.31. The molecule has 2 saturated heterocycles. The largest absolute Gasteiger partial charge is 0.340 e. The second-order valence-electron chi connectivity index (χ2n) is 6.72. The highest BCUT2D eigenvalue weighted by molar-refractivity contribution is 6.31. The van der Waals surface area contributed by atoms with Crippen LogP contribution in [0.1, 0.15) is 38.2 Å². The van der Waals surface area contributed by atoms with Crippen LogP contribution in [-0.2, 0) is 9.59 Å². The molecule has 2 heterocycles. The van der Waals surface area contributed by atoms with Crippen LogP contribution in [0, 0.1) is 12.8 Å². The first-order valence-electron chi connectivity index (χ1n) is 8.34. The van der Waals surface area contributed by atoms with Crippen molar-refractivity contribution in [3.63, 3.8) is 0 Å². The second-order valence-corrected chi connectivity index (χ2v) is 7.12. The predicted molar refractivity (Wildman–Crippen MR) is 91.7 cm³/mol. The molecule has 23 heavy (non-hydrogen) atoms. The molecule has 2 aliphatic heterocycles. The van der Waals surface area contributed by atoms with Gasteiger partial charge in [0.25, 0.3) is 0 Å². The zero-order valence-electron chi connectivity index (χ0n) is 13.7. The fourth-order valence-electron chi connectivity index (χ4n) is 3.53. The van der Waals surface area contributed by atoms with Crippen molar-refractivity contribution in [3.05, 3.63) is 28.8 Å². The molecule has 0 saturated carbocycles. The number of piperidine rings is 1. The van der Waals surface area contributed by atoms with Crippen molar-refractivity contribution in [2.75, 3.05) is 18.0 Å². The molecule has 0 radical (unpaired) electrons. The number of nitrogens with zero attached hydrogens (tertiary/aromatic N) is 2. The highest BCUT2D eigenvalue weighted by Crippen LogP contribution is 2.30. The van der Waals surface area contributed by atoms with Gasteiger partial charge in [0.05, 0.1) is 5.92 Å². The topological polar surface area (TPSA) is 40.6 Å². The van der Waals surface area contributed by atoms with Crippen LogP contribution in [0.2, 0.25) is 5.02 Å². The molecule has 2 unspecified atom stereocenters. The summed E-state index contributed by atoms with van der Waals surface area (Å²) >= 11 is 6.17. The van der Waals surface area contributed by atoms with Crippen molar-refractivity contribution in [2.45, 2.75) is 45.6 Å². The molecule has 4 nitrogen and oxygen atoms in total. The summed E-state index contributed by atoms with van der Waals surface area (Å²) in [7, 11) is 0. The van der Waals surface area contributed by atoms with Crippen LogP contribution < -0.4 is 4.90 Å². The Balaban J connectivity index is 1.74. The minimum Gasteiger partial charge on any atom is -0.340 e. The molecule has 5 heteroatoms. The zero-order valence-corrected chi connectivity index (χ0v) is 14.5. The smallest absolute Gasteiger partial charge is 0.228 e. The molecular formula is C18H23ClN2O2. The molecule has 1 aromatic carbocycles. The maximum atomic E-state index is 12.8. The van der Waals surface area contributed by atoms with Crippen LogP contribution >= 0.6 is 11.6 Å². The van der Waals surface area contributed by atoms with Gasteiger partial charge in [0, 0.05) is 36.3 Å². The molecule has 0 bridgehead atoms. The van der Waals surface area contributed by atoms with Crippen LogP contribution in [0.25, 0.3) is 0 Å². The van der Waals surface area contributed by atoms with E-state index in [0.717, 1.165) is 30.6 Å². The third-order valence-corrected chi connectivity index (χ3v) is 5.43. The highest BCUT2D eigenvalue weighted by atomic mass is 35.5. The Labute approximate surface area is 142 Å². The molecule has 2 amide bonds. The number of aryl methyl sites for hydroxylation is 1. The van der Waals surface area contributed by atoms with Gasteiger partial charge in [0.1, 0.15) is 0 Å². The number of amides is 2. The molecule has 0 spiro atoms. The fraction of sp³-hybridized carbons (Fsp3) is 0.556. The summed E-state index contributed by atoms with van der Waals surface area (Å²) < 4.78 is 0. The Morgan fingerprint density at radius 3 is 2.78 bits per heavy atom. The number of anilines is 1. The molecule has 0 N–H and O–H groups in total. The van der Waals surface area contributed by atoms with Gasteiger partial charge in [-0.25, -0.2) is 0 Å². The Hall–Kier alpha value is -1.55. The summed E-state index contributed by atoms with van der Waals surface area (Å²) in [5.41, 5.74) is 1.77. The molecule has 2 aliphatic rings. The van der Waals surface area contributed by atoms with E-state index in [0.29, 0.717) is 18.0 Å². The molecule has 124 valence electrons. The van der Waals surface area contributed by atoms with Crippen molar-refractivity contribution < 1.29 is 9.59 Å². The first kappa shape index (κ1) is 16.3. The van der Waals surface area contributed by atoms with E-state index in [4.69, 9.17) is 11.6 Å². The third-order valence-electron chi connectivity index (χ3n) is 5.03. The van der Waals surface area contributed by atoms with E-state index in [-0.39, 0.29) is 23.8 Å². The minimum absolute atomic E-state index is 0.00734. The summed E-state index contributed by atoms with van der Waals surface area (Å²) in [5, 5.41) is 0.648. The molecular weight excluding hydrogens is 312 g/mol. The summed E-state index contributed by atoms with van der Waals surface area (Å²) in [6, 6.07) is 5.90. The summed E-state index contributed by atoms with van der Waals surface area (Å²) in [5.74, 6) is -0.0951. The zero-order chi connectivity index (χ0) is 16.6. The number of likely N-dealkylation sites (tertiary alicyclic amines) is 1. The fourth-order valence-corrected chi connectivity index (χ4v) is 3.71. The highest BCUT2D eigenvalue weighted by Gasteiger charge is 2.38. The van der Waals surface area contributed by atoms with Gasteiger partial charge >= 0.3 is 0 Å². The number of carbonyl (C=O) groups excluding carboxylic acids is 2. The third kappa shape index (κ3) is 3.23. The van der Waals surface area contributed by atoms with Gasteiger partial charge in [-0.15, -0.1) is 0 Å². The van der Waals surface area contributed by atoms with Crippen LogP contribution in [0.4, 0.5) is 5.69 Å². The minimum atomic E-state index is -0.233.